The molecule has 2 bridgehead atoms. The van der Waals surface area contributed by atoms with Gasteiger partial charge in [-0.05, 0) is 81.5 Å². The summed E-state index contributed by atoms with van der Waals surface area (Å²) in [4.78, 5) is 17.6. The third-order valence-corrected chi connectivity index (χ3v) is 11.6. The van der Waals surface area contributed by atoms with Gasteiger partial charge in [0.25, 0.3) is 0 Å². The van der Waals surface area contributed by atoms with Crippen molar-refractivity contribution in [3.8, 4) is 17.3 Å². The molecule has 8 rings (SSSR count). The zero-order chi connectivity index (χ0) is 35.0. The van der Waals surface area contributed by atoms with E-state index in [1.165, 1.54) is 6.20 Å². The number of aryl methyl sites for hydroxylation is 1. The summed E-state index contributed by atoms with van der Waals surface area (Å²) >= 11 is 0. The summed E-state index contributed by atoms with van der Waals surface area (Å²) in [5.41, 5.74) is 1.12. The average Bonchev–Trinajstić information content (AvgIpc) is 3.75. The monoisotopic (exact) mass is 703 g/mol. The molecule has 0 amide bonds. The van der Waals surface area contributed by atoms with Crippen LogP contribution in [0.15, 0.2) is 24.2 Å². The van der Waals surface area contributed by atoms with Gasteiger partial charge in [0, 0.05) is 50.6 Å². The first-order valence-electron chi connectivity index (χ1n) is 17.2. The van der Waals surface area contributed by atoms with Crippen LogP contribution in [0, 0.1) is 24.5 Å². The molecule has 2 aromatic heterocycles. The number of benzene rings is 1. The zero-order valence-electron chi connectivity index (χ0n) is 27.7. The van der Waals surface area contributed by atoms with Crippen molar-refractivity contribution in [2.75, 3.05) is 56.6 Å². The van der Waals surface area contributed by atoms with E-state index in [9.17, 15) is 17.6 Å². The number of nitrogen functional groups attached to an aromatic ring is 1. The number of nitrogens with two attached hydrogens (primary N) is 1. The van der Waals surface area contributed by atoms with Crippen LogP contribution >= 0.6 is 0 Å². The van der Waals surface area contributed by atoms with Gasteiger partial charge in [0.15, 0.2) is 11.6 Å². The van der Waals surface area contributed by atoms with E-state index in [1.54, 1.807) is 0 Å². The molecule has 3 N–H and O–H groups in total. The molecule has 0 radical (unpaired) electrons. The fraction of sp³-hybridized carbons (Fsp3) is 0.571. The van der Waals surface area contributed by atoms with Crippen LogP contribution in [0.25, 0.3) is 22.2 Å². The van der Waals surface area contributed by atoms with Gasteiger partial charge in [-0.15, -0.1) is 0 Å². The van der Waals surface area contributed by atoms with E-state index in [1.807, 2.05) is 0 Å². The van der Waals surface area contributed by atoms with Crippen LogP contribution < -0.4 is 20.7 Å². The molecular formula is C35H39F6N7O2. The molecule has 1 aromatic carbocycles. The number of halogens is 6. The molecule has 5 fully saturated rings. The third kappa shape index (κ3) is 5.47. The topological polar surface area (TPSA) is 102 Å². The zero-order valence-corrected chi connectivity index (χ0v) is 27.7. The molecule has 3 atom stereocenters. The predicted molar refractivity (Wildman–Crippen MR) is 174 cm³/mol. The van der Waals surface area contributed by atoms with Crippen molar-refractivity contribution >= 4 is 22.4 Å². The van der Waals surface area contributed by atoms with E-state index in [4.69, 9.17) is 20.2 Å². The first-order chi connectivity index (χ1) is 23.9. The number of hydrogen-bond acceptors (Lipinski definition) is 9. The van der Waals surface area contributed by atoms with Gasteiger partial charge >= 0.3 is 12.2 Å². The second kappa shape index (κ2) is 12.2. The number of pyridine rings is 1. The molecule has 9 nitrogen and oxygen atoms in total. The second-order valence-electron chi connectivity index (χ2n) is 14.6. The Morgan fingerprint density at radius 1 is 1.14 bits per heavy atom. The maximum atomic E-state index is 16.8. The first-order valence-corrected chi connectivity index (χ1v) is 17.2. The number of rotatable bonds is 6. The molecule has 15 heteroatoms. The highest BCUT2D eigenvalue weighted by atomic mass is 19.4. The molecular weight excluding hydrogens is 664 g/mol. The van der Waals surface area contributed by atoms with Crippen molar-refractivity contribution < 1.29 is 35.8 Å². The van der Waals surface area contributed by atoms with Crippen molar-refractivity contribution in [2.24, 2.45) is 5.92 Å². The van der Waals surface area contributed by atoms with Crippen molar-refractivity contribution in [3.63, 3.8) is 0 Å². The maximum absolute atomic E-state index is 16.8. The lowest BCUT2D eigenvalue weighted by Crippen LogP contribution is -2.63. The van der Waals surface area contributed by atoms with Crippen LogP contribution in [0.1, 0.15) is 56.1 Å². The highest BCUT2D eigenvalue weighted by Crippen LogP contribution is 2.46. The molecule has 3 aromatic rings. The Bertz CT molecular complexity index is 1870. The van der Waals surface area contributed by atoms with Crippen LogP contribution in [0.3, 0.4) is 0 Å². The lowest BCUT2D eigenvalue weighted by atomic mass is 9.77. The number of piperazine rings is 1. The maximum Gasteiger partial charge on any atom is 0.417 e. The van der Waals surface area contributed by atoms with Crippen molar-refractivity contribution in [3.05, 3.63) is 46.9 Å². The quantitative estimate of drug-likeness (QED) is 0.234. The molecule has 5 aliphatic rings. The highest BCUT2D eigenvalue weighted by molar-refractivity contribution is 5.92. The van der Waals surface area contributed by atoms with Gasteiger partial charge in [0.2, 0.25) is 0 Å². The minimum Gasteiger partial charge on any atom is -0.461 e. The Balaban J connectivity index is 1.25. The number of anilines is 2. The molecule has 0 unspecified atom stereocenters. The molecule has 0 aliphatic carbocycles. The highest BCUT2D eigenvalue weighted by Gasteiger charge is 2.51. The molecule has 268 valence electrons. The summed E-state index contributed by atoms with van der Waals surface area (Å²) in [7, 11) is 0. The smallest absolute Gasteiger partial charge is 0.417 e. The van der Waals surface area contributed by atoms with Crippen LogP contribution in [-0.2, 0) is 10.9 Å². The number of alkyl halides is 3. The van der Waals surface area contributed by atoms with Gasteiger partial charge in [-0.2, -0.15) is 23.1 Å². The van der Waals surface area contributed by atoms with E-state index >= 15 is 8.78 Å². The van der Waals surface area contributed by atoms with Gasteiger partial charge in [0.1, 0.15) is 23.6 Å². The summed E-state index contributed by atoms with van der Waals surface area (Å²) in [5, 5.41) is 4.02. The number of nitrogens with one attached hydrogen (secondary N) is 1. The summed E-state index contributed by atoms with van der Waals surface area (Å²) < 4.78 is 101. The minimum atomic E-state index is -5.03. The second-order valence-corrected chi connectivity index (χ2v) is 14.6. The Morgan fingerprint density at radius 3 is 2.70 bits per heavy atom. The molecule has 0 spiro atoms. The fourth-order valence-corrected chi connectivity index (χ4v) is 9.34. The van der Waals surface area contributed by atoms with Gasteiger partial charge in [0.05, 0.1) is 34.1 Å². The number of nitrogens with zero attached hydrogens (tertiary/aromatic N) is 5. The number of hydrogen-bond donors (Lipinski definition) is 2. The Kier molecular flexibility index (Phi) is 8.18. The normalized spacial score (nSPS) is 28.3. The molecule has 5 aliphatic heterocycles. The Hall–Kier alpha value is -3.69. The van der Waals surface area contributed by atoms with Crippen LogP contribution in [-0.4, -0.2) is 83.0 Å². The van der Waals surface area contributed by atoms with E-state index < -0.39 is 45.9 Å². The predicted octanol–water partition coefficient (Wildman–Crippen LogP) is 6.09. The molecule has 0 saturated carbocycles. The Morgan fingerprint density at radius 2 is 1.94 bits per heavy atom. The van der Waals surface area contributed by atoms with E-state index in [2.05, 4.69) is 25.1 Å². The van der Waals surface area contributed by atoms with Crippen molar-refractivity contribution in [1.29, 1.82) is 0 Å². The molecule has 5 saturated heterocycles. The summed E-state index contributed by atoms with van der Waals surface area (Å²) in [6.45, 7) is 4.93. The first kappa shape index (κ1) is 33.5. The fourth-order valence-electron chi connectivity index (χ4n) is 9.34. The van der Waals surface area contributed by atoms with Crippen LogP contribution in [0.4, 0.5) is 37.8 Å². The number of fused-ring (bicyclic) bond motifs is 4. The largest absolute Gasteiger partial charge is 0.461 e. The average molecular weight is 704 g/mol. The van der Waals surface area contributed by atoms with Gasteiger partial charge in [-0.1, -0.05) is 0 Å². The van der Waals surface area contributed by atoms with Crippen molar-refractivity contribution in [1.82, 2.24) is 25.2 Å². The summed E-state index contributed by atoms with van der Waals surface area (Å²) in [6.07, 6.45) is 2.62. The van der Waals surface area contributed by atoms with Gasteiger partial charge in [-0.25, -0.2) is 13.2 Å². The number of aromatic nitrogens is 3. The molecule has 50 heavy (non-hydrogen) atoms. The van der Waals surface area contributed by atoms with E-state index in [-0.39, 0.29) is 40.7 Å². The summed E-state index contributed by atoms with van der Waals surface area (Å²) in [6, 6.07) is 0.832. The van der Waals surface area contributed by atoms with Gasteiger partial charge < -0.3 is 25.4 Å². The Labute approximate surface area is 285 Å². The van der Waals surface area contributed by atoms with Crippen LogP contribution in [0.2, 0.25) is 0 Å². The lowest BCUT2D eigenvalue weighted by molar-refractivity contribution is -0.137. The van der Waals surface area contributed by atoms with Crippen LogP contribution in [0.5, 0.6) is 6.01 Å². The third-order valence-electron chi connectivity index (χ3n) is 11.6. The lowest BCUT2D eigenvalue weighted by Gasteiger charge is -2.47. The minimum absolute atomic E-state index is 0.103. The number of ether oxygens (including phenoxy) is 2. The molecule has 7 heterocycles. The SMILES string of the molecule is Cc1cc(N)c(F)c(-c2ncc3c(N4C[C@@H]5CC[C@](C6CCOCC6)(C4)N5)nc(OC[C@@]45CCCN4C/C(=C\F)C5)nc3c2F)c1C(F)(F)F. The van der Waals surface area contributed by atoms with Crippen molar-refractivity contribution in [2.45, 2.75) is 75.2 Å². The van der Waals surface area contributed by atoms with E-state index in [0.717, 1.165) is 58.1 Å². The van der Waals surface area contributed by atoms with E-state index in [0.29, 0.717) is 62.9 Å². The summed E-state index contributed by atoms with van der Waals surface area (Å²) in [5.74, 6) is -1.98. The van der Waals surface area contributed by atoms with Gasteiger partial charge in [-0.3, -0.25) is 9.88 Å². The standard InChI is InChI=1S/C35H39F6N7O2/c1-19-11-24(42)27(37)25(26(19)35(39,40)41)30-28(38)29-23(14-43-30)31(47-16-22-3-7-34(17-47,46-22)21-4-9-49-10-5-21)45-32(44-29)50-18-33-6-2-8-48(33)15-20(12-33)13-36/h11,13-14,21-22,46H,2-10,12,15-18,42H2,1H3/b20-13-/t22-,33-,34+/m0/s1.